The van der Waals surface area contributed by atoms with Crippen LogP contribution in [0.1, 0.15) is 5.56 Å². The molecule has 0 spiro atoms. The van der Waals surface area contributed by atoms with Crippen molar-refractivity contribution in [1.82, 2.24) is 4.90 Å². The first-order valence-corrected chi connectivity index (χ1v) is 9.76. The first-order chi connectivity index (χ1) is 12.6. The van der Waals surface area contributed by atoms with Crippen molar-refractivity contribution >= 4 is 21.6 Å². The summed E-state index contributed by atoms with van der Waals surface area (Å²) in [6, 6.07) is 9.73. The predicted octanol–water partition coefficient (Wildman–Crippen LogP) is 2.40. The lowest BCUT2D eigenvalue weighted by Crippen LogP contribution is -2.41. The lowest BCUT2D eigenvalue weighted by molar-refractivity contribution is -0.128. The molecule has 0 N–H and O–H groups in total. The van der Waals surface area contributed by atoms with Crippen LogP contribution in [0.25, 0.3) is 0 Å². The predicted molar refractivity (Wildman–Crippen MR) is 98.0 cm³/mol. The van der Waals surface area contributed by atoms with Crippen LogP contribution in [0.4, 0.5) is 14.5 Å². The van der Waals surface area contributed by atoms with E-state index in [1.807, 2.05) is 0 Å². The van der Waals surface area contributed by atoms with E-state index in [1.165, 1.54) is 11.9 Å². The second-order valence-corrected chi connectivity index (χ2v) is 7.87. The molecule has 0 aliphatic heterocycles. The maximum Gasteiger partial charge on any atom is 0.243 e. The minimum atomic E-state index is -3.88. The van der Waals surface area contributed by atoms with Crippen LogP contribution < -0.4 is 9.04 Å². The Morgan fingerprint density at radius 1 is 1.07 bits per heavy atom. The van der Waals surface area contributed by atoms with Gasteiger partial charge in [-0.15, -0.1) is 0 Å². The molecule has 0 unspecified atom stereocenters. The monoisotopic (exact) mass is 398 g/mol. The number of anilines is 1. The molecule has 9 heteroatoms. The van der Waals surface area contributed by atoms with E-state index in [0.717, 1.165) is 34.3 Å². The minimum absolute atomic E-state index is 0.123. The highest BCUT2D eigenvalue weighted by atomic mass is 32.2. The number of carbonyl (C=O) groups excluding carboxylic acids is 1. The number of halogens is 2. The zero-order valence-electron chi connectivity index (χ0n) is 15.1. The summed E-state index contributed by atoms with van der Waals surface area (Å²) in [5, 5.41) is 0. The molecule has 0 heterocycles. The number of ether oxygens (including phenoxy) is 1. The number of nitrogens with zero attached hydrogens (tertiary/aromatic N) is 2. The minimum Gasteiger partial charge on any atom is -0.497 e. The molecule has 2 rings (SSSR count). The molecule has 0 aromatic heterocycles. The van der Waals surface area contributed by atoms with Gasteiger partial charge >= 0.3 is 0 Å². The van der Waals surface area contributed by atoms with Crippen LogP contribution in [0.15, 0.2) is 42.5 Å². The molecule has 1 amide bonds. The Labute approximate surface area is 157 Å². The summed E-state index contributed by atoms with van der Waals surface area (Å²) in [5.74, 6) is -2.12. The molecule has 0 atom stereocenters. The van der Waals surface area contributed by atoms with Gasteiger partial charge in [-0.25, -0.2) is 17.2 Å². The summed E-state index contributed by atoms with van der Waals surface area (Å²) in [7, 11) is -0.807. The van der Waals surface area contributed by atoms with Gasteiger partial charge in [0.2, 0.25) is 15.9 Å². The van der Waals surface area contributed by atoms with Gasteiger partial charge in [0.1, 0.15) is 12.3 Å². The molecule has 27 heavy (non-hydrogen) atoms. The van der Waals surface area contributed by atoms with Crippen LogP contribution in [-0.2, 0) is 21.4 Å². The number of likely N-dealkylation sites (N-methyl/N-ethyl adjacent to an activating group) is 1. The number of methoxy groups -OCH3 is 1. The Kier molecular flexibility index (Phi) is 6.37. The molecule has 146 valence electrons. The van der Waals surface area contributed by atoms with E-state index in [-0.39, 0.29) is 12.2 Å². The van der Waals surface area contributed by atoms with Crippen molar-refractivity contribution in [3.63, 3.8) is 0 Å². The van der Waals surface area contributed by atoms with E-state index in [2.05, 4.69) is 0 Å². The average Bonchev–Trinajstić information content (AvgIpc) is 2.61. The van der Waals surface area contributed by atoms with Crippen LogP contribution in [0.5, 0.6) is 5.75 Å². The van der Waals surface area contributed by atoms with Crippen molar-refractivity contribution in [2.45, 2.75) is 6.54 Å². The first-order valence-electron chi connectivity index (χ1n) is 7.91. The number of benzene rings is 2. The van der Waals surface area contributed by atoms with Crippen molar-refractivity contribution in [3.05, 3.63) is 59.7 Å². The van der Waals surface area contributed by atoms with Crippen LogP contribution in [-0.4, -0.2) is 46.2 Å². The summed E-state index contributed by atoms with van der Waals surface area (Å²) in [4.78, 5) is 13.8. The third-order valence-electron chi connectivity index (χ3n) is 3.87. The Bertz CT molecular complexity index is 917. The Morgan fingerprint density at radius 3 is 2.22 bits per heavy atom. The van der Waals surface area contributed by atoms with E-state index >= 15 is 0 Å². The van der Waals surface area contributed by atoms with Gasteiger partial charge in [-0.05, 0) is 29.8 Å². The van der Waals surface area contributed by atoms with E-state index in [9.17, 15) is 22.0 Å². The van der Waals surface area contributed by atoms with Gasteiger partial charge in [0.05, 0.1) is 19.1 Å². The Hall–Kier alpha value is -2.68. The molecule has 6 nitrogen and oxygen atoms in total. The average molecular weight is 398 g/mol. The van der Waals surface area contributed by atoms with Gasteiger partial charge in [0, 0.05) is 19.7 Å². The SMILES string of the molecule is COc1ccc(CN(C)C(=O)CN(c2ccc(F)c(F)c2)S(C)(=O)=O)cc1. The zero-order valence-corrected chi connectivity index (χ0v) is 16.0. The summed E-state index contributed by atoms with van der Waals surface area (Å²) in [6.07, 6.45) is 0.894. The highest BCUT2D eigenvalue weighted by Gasteiger charge is 2.23. The molecule has 2 aromatic carbocycles. The molecule has 0 fully saturated rings. The van der Waals surface area contributed by atoms with E-state index in [1.54, 1.807) is 31.4 Å². The molecule has 0 saturated carbocycles. The van der Waals surface area contributed by atoms with E-state index < -0.39 is 34.1 Å². The van der Waals surface area contributed by atoms with Gasteiger partial charge in [0.25, 0.3) is 0 Å². The van der Waals surface area contributed by atoms with Crippen LogP contribution in [0, 0.1) is 11.6 Å². The Balaban J connectivity index is 2.16. The third-order valence-corrected chi connectivity index (χ3v) is 5.02. The molecule has 0 aliphatic rings. The van der Waals surface area contributed by atoms with Crippen molar-refractivity contribution in [2.75, 3.05) is 31.3 Å². The topological polar surface area (TPSA) is 66.9 Å². The first kappa shape index (κ1) is 20.6. The summed E-state index contributed by atoms with van der Waals surface area (Å²) < 4.78 is 56.5. The van der Waals surface area contributed by atoms with Crippen molar-refractivity contribution in [2.24, 2.45) is 0 Å². The molecule has 0 radical (unpaired) electrons. The highest BCUT2D eigenvalue weighted by Crippen LogP contribution is 2.21. The normalized spacial score (nSPS) is 11.1. The number of hydrogen-bond acceptors (Lipinski definition) is 4. The van der Waals surface area contributed by atoms with Crippen molar-refractivity contribution < 1.29 is 26.7 Å². The summed E-state index contributed by atoms with van der Waals surface area (Å²) >= 11 is 0. The van der Waals surface area contributed by atoms with Gasteiger partial charge in [0.15, 0.2) is 11.6 Å². The molecule has 0 aliphatic carbocycles. The van der Waals surface area contributed by atoms with Gasteiger partial charge < -0.3 is 9.64 Å². The molecule has 2 aromatic rings. The van der Waals surface area contributed by atoms with Crippen LogP contribution >= 0.6 is 0 Å². The maximum absolute atomic E-state index is 13.5. The lowest BCUT2D eigenvalue weighted by atomic mass is 10.2. The molecule has 0 saturated heterocycles. The number of hydrogen-bond donors (Lipinski definition) is 0. The quantitative estimate of drug-likeness (QED) is 0.718. The molecule has 0 bridgehead atoms. The second-order valence-electron chi connectivity index (χ2n) is 5.97. The van der Waals surface area contributed by atoms with E-state index in [0.29, 0.717) is 5.75 Å². The standard InChI is InChI=1S/C18H20F2N2O4S/c1-21(11-13-4-7-15(26-2)8-5-13)18(23)12-22(27(3,24)25)14-6-9-16(19)17(20)10-14/h4-10H,11-12H2,1-3H3. The summed E-state index contributed by atoms with van der Waals surface area (Å²) in [6.45, 7) is -0.283. The van der Waals surface area contributed by atoms with Gasteiger partial charge in [-0.2, -0.15) is 0 Å². The van der Waals surface area contributed by atoms with Crippen molar-refractivity contribution in [3.8, 4) is 5.75 Å². The van der Waals surface area contributed by atoms with Gasteiger partial charge in [-0.3, -0.25) is 9.10 Å². The second kappa shape index (κ2) is 8.34. The fourth-order valence-electron chi connectivity index (χ4n) is 2.38. The molecular formula is C18H20F2N2O4S. The Morgan fingerprint density at radius 2 is 1.70 bits per heavy atom. The van der Waals surface area contributed by atoms with Crippen LogP contribution in [0.2, 0.25) is 0 Å². The maximum atomic E-state index is 13.5. The third kappa shape index (κ3) is 5.40. The lowest BCUT2D eigenvalue weighted by Gasteiger charge is -2.25. The number of carbonyl (C=O) groups is 1. The molecular weight excluding hydrogens is 378 g/mol. The fraction of sp³-hybridized carbons (Fsp3) is 0.278. The summed E-state index contributed by atoms with van der Waals surface area (Å²) in [5.41, 5.74) is 0.702. The van der Waals surface area contributed by atoms with Crippen molar-refractivity contribution in [1.29, 1.82) is 0 Å². The van der Waals surface area contributed by atoms with Crippen LogP contribution in [0.3, 0.4) is 0 Å². The fourth-order valence-corrected chi connectivity index (χ4v) is 3.22. The smallest absolute Gasteiger partial charge is 0.243 e. The number of amides is 1. The number of sulfonamides is 1. The zero-order chi connectivity index (χ0) is 20.2. The van der Waals surface area contributed by atoms with Gasteiger partial charge in [-0.1, -0.05) is 12.1 Å². The number of rotatable bonds is 7. The largest absolute Gasteiger partial charge is 0.497 e. The van der Waals surface area contributed by atoms with E-state index in [4.69, 9.17) is 4.74 Å². The highest BCUT2D eigenvalue weighted by molar-refractivity contribution is 7.92.